The number of aliphatic imine (C=N–C) groups is 1. The highest BCUT2D eigenvalue weighted by molar-refractivity contribution is 6.10. The van der Waals surface area contributed by atoms with Crippen molar-refractivity contribution < 1.29 is 23.8 Å². The van der Waals surface area contributed by atoms with Crippen molar-refractivity contribution in [1.29, 1.82) is 0 Å². The summed E-state index contributed by atoms with van der Waals surface area (Å²) in [6.45, 7) is 1.63. The maximum Gasteiger partial charge on any atom is 0.234 e. The predicted octanol–water partition coefficient (Wildman–Crippen LogP) is 1.10. The first-order valence-electron chi connectivity index (χ1n) is 8.54. The van der Waals surface area contributed by atoms with E-state index in [4.69, 9.17) is 14.2 Å². The van der Waals surface area contributed by atoms with E-state index in [1.807, 2.05) is 6.07 Å². The van der Waals surface area contributed by atoms with Gasteiger partial charge in [-0.1, -0.05) is 0 Å². The van der Waals surface area contributed by atoms with Crippen LogP contribution in [0, 0.1) is 5.92 Å². The lowest BCUT2D eigenvalue weighted by atomic mass is 9.92. The van der Waals surface area contributed by atoms with Crippen molar-refractivity contribution in [2.45, 2.75) is 19.1 Å². The third-order valence-electron chi connectivity index (χ3n) is 4.88. The van der Waals surface area contributed by atoms with Gasteiger partial charge in [-0.3, -0.25) is 9.59 Å². The molecule has 0 radical (unpaired) electrons. The Bertz CT molecular complexity index is 833. The van der Waals surface area contributed by atoms with Gasteiger partial charge in [-0.2, -0.15) is 0 Å². The van der Waals surface area contributed by atoms with E-state index in [2.05, 4.69) is 10.3 Å². The molecule has 8 heteroatoms. The van der Waals surface area contributed by atoms with Crippen LogP contribution in [0.15, 0.2) is 23.2 Å². The molecule has 3 atom stereocenters. The van der Waals surface area contributed by atoms with Gasteiger partial charge in [0.05, 0.1) is 27.2 Å². The van der Waals surface area contributed by atoms with Crippen LogP contribution < -0.4 is 19.5 Å². The Labute approximate surface area is 157 Å². The Morgan fingerprint density at radius 3 is 2.41 bits per heavy atom. The minimum Gasteiger partial charge on any atom is -0.493 e. The van der Waals surface area contributed by atoms with Gasteiger partial charge in [-0.25, -0.2) is 4.99 Å². The lowest BCUT2D eigenvalue weighted by Gasteiger charge is -2.34. The molecule has 1 aromatic rings. The summed E-state index contributed by atoms with van der Waals surface area (Å²) in [5, 5.41) is 3.11. The molecule has 3 rings (SSSR count). The van der Waals surface area contributed by atoms with Crippen molar-refractivity contribution in [2.75, 3.05) is 28.4 Å². The number of carbonyl (C=O) groups excluding carboxylic acids is 2. The molecule has 0 saturated carbocycles. The summed E-state index contributed by atoms with van der Waals surface area (Å²) >= 11 is 0. The third kappa shape index (κ3) is 3.11. The molecular formula is C19H23N3O5. The number of fused-ring (bicyclic) bond motifs is 1. The monoisotopic (exact) mass is 373 g/mol. The van der Waals surface area contributed by atoms with Gasteiger partial charge >= 0.3 is 0 Å². The maximum absolute atomic E-state index is 12.4. The molecule has 144 valence electrons. The number of ether oxygens (including phenoxy) is 3. The minimum atomic E-state index is -0.659. The van der Waals surface area contributed by atoms with Crippen molar-refractivity contribution in [3.63, 3.8) is 0 Å². The number of likely N-dealkylation sites (tertiary alicyclic amines) is 1. The zero-order valence-corrected chi connectivity index (χ0v) is 16.0. The second kappa shape index (κ2) is 7.30. The van der Waals surface area contributed by atoms with E-state index in [-0.39, 0.29) is 11.7 Å². The summed E-state index contributed by atoms with van der Waals surface area (Å²) in [4.78, 5) is 30.5. The molecule has 3 unspecified atom stereocenters. The average Bonchev–Trinajstić information content (AvgIpc) is 3.12. The van der Waals surface area contributed by atoms with Crippen LogP contribution in [0.4, 0.5) is 0 Å². The van der Waals surface area contributed by atoms with Crippen molar-refractivity contribution in [1.82, 2.24) is 10.2 Å². The zero-order chi connectivity index (χ0) is 19.7. The van der Waals surface area contributed by atoms with Gasteiger partial charge in [0.2, 0.25) is 11.7 Å². The smallest absolute Gasteiger partial charge is 0.234 e. The first kappa shape index (κ1) is 18.8. The summed E-state index contributed by atoms with van der Waals surface area (Å²) in [6, 6.07) is 3.10. The van der Waals surface area contributed by atoms with E-state index in [1.165, 1.54) is 4.90 Å². The molecule has 0 bridgehead atoms. The summed E-state index contributed by atoms with van der Waals surface area (Å²) < 4.78 is 16.1. The molecule has 2 heterocycles. The molecule has 2 aliphatic rings. The number of hydrogen-bond donors (Lipinski definition) is 1. The lowest BCUT2D eigenvalue weighted by Crippen LogP contribution is -2.59. The summed E-state index contributed by atoms with van der Waals surface area (Å²) in [5.74, 6) is 1.11. The number of ketones is 1. The number of nitrogens with one attached hydrogen (secondary N) is 1. The largest absolute Gasteiger partial charge is 0.493 e. The van der Waals surface area contributed by atoms with Crippen molar-refractivity contribution in [3.05, 3.63) is 23.8 Å². The highest BCUT2D eigenvalue weighted by atomic mass is 16.5. The molecular weight excluding hydrogens is 350 g/mol. The SMILES string of the molecule is COc1ccc(/C=C/C2=NC3C(N2)C(=O)C(C)C(=O)N3C)c(OC)c1OC. The molecule has 1 aromatic carbocycles. The molecule has 8 nitrogen and oxygen atoms in total. The highest BCUT2D eigenvalue weighted by Crippen LogP contribution is 2.40. The number of amidine groups is 1. The number of nitrogens with zero attached hydrogens (tertiary/aromatic N) is 2. The Kier molecular flexibility index (Phi) is 5.07. The number of piperidine rings is 1. The molecule has 1 fully saturated rings. The lowest BCUT2D eigenvalue weighted by molar-refractivity contribution is -0.147. The number of amides is 1. The number of rotatable bonds is 5. The van der Waals surface area contributed by atoms with Crippen molar-refractivity contribution in [3.8, 4) is 17.2 Å². The summed E-state index contributed by atoms with van der Waals surface area (Å²) in [5.41, 5.74) is 0.763. The van der Waals surface area contributed by atoms with Crippen LogP contribution in [-0.4, -0.2) is 63.0 Å². The normalized spacial score (nSPS) is 24.6. The van der Waals surface area contributed by atoms with Crippen LogP contribution in [0.3, 0.4) is 0 Å². The Balaban J connectivity index is 1.88. The first-order valence-corrected chi connectivity index (χ1v) is 8.54. The van der Waals surface area contributed by atoms with E-state index in [9.17, 15) is 9.59 Å². The average molecular weight is 373 g/mol. The summed E-state index contributed by atoms with van der Waals surface area (Å²) in [6.07, 6.45) is 3.03. The fraction of sp³-hybridized carbons (Fsp3) is 0.421. The topological polar surface area (TPSA) is 89.5 Å². The van der Waals surface area contributed by atoms with Crippen LogP contribution in [0.5, 0.6) is 17.2 Å². The van der Waals surface area contributed by atoms with E-state index < -0.39 is 18.1 Å². The molecule has 1 N–H and O–H groups in total. The number of carbonyl (C=O) groups is 2. The molecule has 0 aromatic heterocycles. The highest BCUT2D eigenvalue weighted by Gasteiger charge is 2.47. The Morgan fingerprint density at radius 2 is 1.78 bits per heavy atom. The standard InChI is InChI=1S/C19H23N3O5/c1-10-15(23)14-18(22(2)19(10)24)21-13(20-14)9-7-11-6-8-12(25-3)17(27-5)16(11)26-4/h6-10,14,18H,1-5H3,(H,20,21)/b9-7+. The number of likely N-dealkylation sites (N-methyl/N-ethyl adjacent to an activating group) is 1. The predicted molar refractivity (Wildman–Crippen MR) is 100 cm³/mol. The van der Waals surface area contributed by atoms with Crippen LogP contribution in [-0.2, 0) is 9.59 Å². The van der Waals surface area contributed by atoms with E-state index in [0.717, 1.165) is 5.56 Å². The van der Waals surface area contributed by atoms with Crippen molar-refractivity contribution >= 4 is 23.6 Å². The van der Waals surface area contributed by atoms with E-state index in [1.54, 1.807) is 53.5 Å². The number of Topliss-reactive ketones (excluding diaryl/α,β-unsaturated/α-hetero) is 1. The first-order chi connectivity index (χ1) is 12.9. The molecule has 2 aliphatic heterocycles. The number of hydrogen-bond acceptors (Lipinski definition) is 7. The van der Waals surface area contributed by atoms with Gasteiger partial charge in [-0.15, -0.1) is 0 Å². The number of methoxy groups -OCH3 is 3. The van der Waals surface area contributed by atoms with Crippen LogP contribution in [0.2, 0.25) is 0 Å². The molecule has 0 aliphatic carbocycles. The van der Waals surface area contributed by atoms with E-state index in [0.29, 0.717) is 23.1 Å². The minimum absolute atomic E-state index is 0.140. The van der Waals surface area contributed by atoms with Gasteiger partial charge < -0.3 is 24.4 Å². The molecule has 1 amide bonds. The third-order valence-corrected chi connectivity index (χ3v) is 4.88. The van der Waals surface area contributed by atoms with Crippen LogP contribution >= 0.6 is 0 Å². The summed E-state index contributed by atoms with van der Waals surface area (Å²) in [7, 11) is 6.32. The fourth-order valence-corrected chi connectivity index (χ4v) is 3.36. The van der Waals surface area contributed by atoms with Crippen LogP contribution in [0.25, 0.3) is 6.08 Å². The second-order valence-corrected chi connectivity index (χ2v) is 6.38. The van der Waals surface area contributed by atoms with Gasteiger partial charge in [-0.05, 0) is 31.2 Å². The van der Waals surface area contributed by atoms with Gasteiger partial charge in [0, 0.05) is 12.6 Å². The Hall–Kier alpha value is -3.03. The molecule has 0 spiro atoms. The fourth-order valence-electron chi connectivity index (χ4n) is 3.36. The van der Waals surface area contributed by atoms with Gasteiger partial charge in [0.15, 0.2) is 23.4 Å². The molecule has 1 saturated heterocycles. The maximum atomic E-state index is 12.4. The number of benzene rings is 1. The van der Waals surface area contributed by atoms with E-state index >= 15 is 0 Å². The second-order valence-electron chi connectivity index (χ2n) is 6.38. The van der Waals surface area contributed by atoms with Gasteiger partial charge in [0.25, 0.3) is 0 Å². The van der Waals surface area contributed by atoms with Crippen LogP contribution in [0.1, 0.15) is 12.5 Å². The Morgan fingerprint density at radius 1 is 1.07 bits per heavy atom. The van der Waals surface area contributed by atoms with Crippen molar-refractivity contribution in [2.24, 2.45) is 10.9 Å². The quantitative estimate of drug-likeness (QED) is 0.778. The molecule has 27 heavy (non-hydrogen) atoms. The van der Waals surface area contributed by atoms with Gasteiger partial charge in [0.1, 0.15) is 11.9 Å². The zero-order valence-electron chi connectivity index (χ0n) is 16.0.